The van der Waals surface area contributed by atoms with E-state index in [1.807, 2.05) is 0 Å². The largest absolute Gasteiger partial charge is 0.349 e. The molecule has 5 nitrogen and oxygen atoms in total. The molecule has 1 aromatic heterocycles. The Balaban J connectivity index is 2.29. The van der Waals surface area contributed by atoms with Crippen molar-refractivity contribution in [2.75, 3.05) is 18.0 Å². The highest BCUT2D eigenvalue weighted by Crippen LogP contribution is 2.23. The van der Waals surface area contributed by atoms with E-state index in [9.17, 15) is 4.79 Å². The molecular weight excluding hydrogens is 240 g/mol. The quantitative estimate of drug-likeness (QED) is 0.888. The van der Waals surface area contributed by atoms with Crippen LogP contribution in [0.5, 0.6) is 0 Å². The summed E-state index contributed by atoms with van der Waals surface area (Å²) in [7, 11) is 0. The fraction of sp³-hybridized carbons (Fsp3) is 0.714. The molecule has 2 N–H and O–H groups in total. The first kappa shape index (κ1) is 14.1. The summed E-state index contributed by atoms with van der Waals surface area (Å²) in [5.41, 5.74) is 5.80. The number of nitrogens with two attached hydrogens (primary N) is 1. The minimum atomic E-state index is 0.0221. The third kappa shape index (κ3) is 2.97. The average Bonchev–Trinajstić information content (AvgIpc) is 2.42. The van der Waals surface area contributed by atoms with E-state index >= 15 is 0 Å². The summed E-state index contributed by atoms with van der Waals surface area (Å²) in [5.74, 6) is 1.05. The van der Waals surface area contributed by atoms with Crippen LogP contribution >= 0.6 is 0 Å². The van der Waals surface area contributed by atoms with Crippen LogP contribution in [0.4, 0.5) is 5.82 Å². The van der Waals surface area contributed by atoms with Crippen LogP contribution in [-0.2, 0) is 6.54 Å². The SMILES string of the molecule is CCCn1ccnc(N2CC(CN)CCC2C)c1=O. The molecule has 0 radical (unpaired) electrons. The number of nitrogens with zero attached hydrogens (tertiary/aromatic N) is 3. The van der Waals surface area contributed by atoms with Crippen molar-refractivity contribution in [2.45, 2.75) is 45.7 Å². The van der Waals surface area contributed by atoms with E-state index in [4.69, 9.17) is 5.73 Å². The van der Waals surface area contributed by atoms with Gasteiger partial charge in [0.1, 0.15) is 0 Å². The van der Waals surface area contributed by atoms with E-state index in [-0.39, 0.29) is 5.56 Å². The number of hydrogen-bond acceptors (Lipinski definition) is 4. The average molecular weight is 264 g/mol. The number of aromatic nitrogens is 2. The summed E-state index contributed by atoms with van der Waals surface area (Å²) < 4.78 is 1.75. The lowest BCUT2D eigenvalue weighted by molar-refractivity contribution is 0.370. The third-order valence-corrected chi connectivity index (χ3v) is 3.95. The van der Waals surface area contributed by atoms with Gasteiger partial charge in [-0.1, -0.05) is 6.92 Å². The van der Waals surface area contributed by atoms with Crippen molar-refractivity contribution >= 4 is 5.82 Å². The maximum Gasteiger partial charge on any atom is 0.293 e. The molecule has 2 unspecified atom stereocenters. The third-order valence-electron chi connectivity index (χ3n) is 3.95. The second-order valence-electron chi connectivity index (χ2n) is 5.43. The summed E-state index contributed by atoms with van der Waals surface area (Å²) in [6.07, 6.45) is 6.66. The lowest BCUT2D eigenvalue weighted by Crippen LogP contribution is -2.47. The standard InChI is InChI=1S/C14H24N4O/c1-3-7-17-8-6-16-13(14(17)19)18-10-12(9-15)5-4-11(18)2/h6,8,11-12H,3-5,7,9-10,15H2,1-2H3. The zero-order valence-electron chi connectivity index (χ0n) is 11.9. The first-order valence-electron chi connectivity index (χ1n) is 7.19. The summed E-state index contributed by atoms with van der Waals surface area (Å²) in [5, 5.41) is 0. The minimum Gasteiger partial charge on any atom is -0.349 e. The van der Waals surface area contributed by atoms with E-state index in [1.54, 1.807) is 17.0 Å². The molecule has 0 bridgehead atoms. The molecule has 5 heteroatoms. The van der Waals surface area contributed by atoms with E-state index in [1.165, 1.54) is 0 Å². The number of anilines is 1. The Morgan fingerprint density at radius 3 is 2.95 bits per heavy atom. The van der Waals surface area contributed by atoms with Gasteiger partial charge in [-0.15, -0.1) is 0 Å². The van der Waals surface area contributed by atoms with Crippen LogP contribution in [0.25, 0.3) is 0 Å². The first-order valence-corrected chi connectivity index (χ1v) is 7.19. The number of rotatable bonds is 4. The van der Waals surface area contributed by atoms with E-state index in [0.29, 0.717) is 24.3 Å². The molecule has 0 spiro atoms. The summed E-state index contributed by atoms with van der Waals surface area (Å²) in [6.45, 7) is 6.50. The highest BCUT2D eigenvalue weighted by Gasteiger charge is 2.27. The van der Waals surface area contributed by atoms with Crippen molar-refractivity contribution in [2.24, 2.45) is 11.7 Å². The van der Waals surface area contributed by atoms with Crippen LogP contribution in [0, 0.1) is 5.92 Å². The van der Waals surface area contributed by atoms with Crippen molar-refractivity contribution in [3.8, 4) is 0 Å². The topological polar surface area (TPSA) is 64.2 Å². The van der Waals surface area contributed by atoms with Crippen LogP contribution in [0.2, 0.25) is 0 Å². The molecule has 19 heavy (non-hydrogen) atoms. The number of hydrogen-bond donors (Lipinski definition) is 1. The van der Waals surface area contributed by atoms with Gasteiger partial charge in [0.05, 0.1) is 0 Å². The minimum absolute atomic E-state index is 0.0221. The summed E-state index contributed by atoms with van der Waals surface area (Å²) >= 11 is 0. The second-order valence-corrected chi connectivity index (χ2v) is 5.43. The van der Waals surface area contributed by atoms with Crippen molar-refractivity contribution < 1.29 is 0 Å². The predicted molar refractivity (Wildman–Crippen MR) is 77.4 cm³/mol. The molecule has 1 saturated heterocycles. The van der Waals surface area contributed by atoms with Crippen LogP contribution in [-0.4, -0.2) is 28.7 Å². The molecule has 0 saturated carbocycles. The molecular formula is C14H24N4O. The molecule has 1 aliphatic heterocycles. The fourth-order valence-corrected chi connectivity index (χ4v) is 2.72. The van der Waals surface area contributed by atoms with E-state index in [0.717, 1.165) is 32.4 Å². The Morgan fingerprint density at radius 2 is 2.26 bits per heavy atom. The fourth-order valence-electron chi connectivity index (χ4n) is 2.72. The molecule has 2 atom stereocenters. The van der Waals surface area contributed by atoms with Crippen LogP contribution in [0.15, 0.2) is 17.2 Å². The lowest BCUT2D eigenvalue weighted by Gasteiger charge is -2.38. The Hall–Kier alpha value is -1.36. The van der Waals surface area contributed by atoms with Gasteiger partial charge < -0.3 is 15.2 Å². The Labute approximate surface area is 114 Å². The molecule has 106 valence electrons. The predicted octanol–water partition coefficient (Wildman–Crippen LogP) is 1.22. The molecule has 2 rings (SSSR count). The van der Waals surface area contributed by atoms with Gasteiger partial charge in [0.15, 0.2) is 5.82 Å². The second kappa shape index (κ2) is 6.19. The van der Waals surface area contributed by atoms with E-state index < -0.39 is 0 Å². The Morgan fingerprint density at radius 1 is 1.47 bits per heavy atom. The normalized spacial score (nSPS) is 23.6. The van der Waals surface area contributed by atoms with E-state index in [2.05, 4.69) is 23.7 Å². The number of piperidine rings is 1. The first-order chi connectivity index (χ1) is 9.17. The van der Waals surface area contributed by atoms with Gasteiger partial charge in [0, 0.05) is 31.5 Å². The van der Waals surface area contributed by atoms with Crippen LogP contribution < -0.4 is 16.2 Å². The molecule has 1 fully saturated rings. The smallest absolute Gasteiger partial charge is 0.293 e. The van der Waals surface area contributed by atoms with Crippen LogP contribution in [0.1, 0.15) is 33.1 Å². The van der Waals surface area contributed by atoms with Crippen molar-refractivity contribution in [3.05, 3.63) is 22.7 Å². The van der Waals surface area contributed by atoms with Gasteiger partial charge in [-0.2, -0.15) is 0 Å². The van der Waals surface area contributed by atoms with Gasteiger partial charge in [-0.05, 0) is 38.6 Å². The molecule has 2 heterocycles. The Bertz CT molecular complexity index is 471. The zero-order valence-corrected chi connectivity index (χ0v) is 11.9. The summed E-state index contributed by atoms with van der Waals surface area (Å²) in [6, 6.07) is 0.362. The van der Waals surface area contributed by atoms with Gasteiger partial charge in [-0.3, -0.25) is 4.79 Å². The maximum absolute atomic E-state index is 12.4. The number of aryl methyl sites for hydroxylation is 1. The zero-order chi connectivity index (χ0) is 13.8. The highest BCUT2D eigenvalue weighted by atomic mass is 16.1. The summed E-state index contributed by atoms with van der Waals surface area (Å²) in [4.78, 5) is 18.9. The molecule has 0 aliphatic carbocycles. The monoisotopic (exact) mass is 264 g/mol. The van der Waals surface area contributed by atoms with Crippen molar-refractivity contribution in [3.63, 3.8) is 0 Å². The highest BCUT2D eigenvalue weighted by molar-refractivity contribution is 5.38. The van der Waals surface area contributed by atoms with Crippen LogP contribution in [0.3, 0.4) is 0 Å². The lowest BCUT2D eigenvalue weighted by atomic mass is 9.93. The van der Waals surface area contributed by atoms with Gasteiger partial charge >= 0.3 is 0 Å². The molecule has 0 amide bonds. The van der Waals surface area contributed by atoms with Gasteiger partial charge in [0.2, 0.25) is 0 Å². The molecule has 0 aromatic carbocycles. The van der Waals surface area contributed by atoms with Crippen molar-refractivity contribution in [1.82, 2.24) is 9.55 Å². The Kier molecular flexibility index (Phi) is 4.58. The maximum atomic E-state index is 12.4. The van der Waals surface area contributed by atoms with Gasteiger partial charge in [-0.25, -0.2) is 4.98 Å². The molecule has 1 aliphatic rings. The van der Waals surface area contributed by atoms with Crippen molar-refractivity contribution in [1.29, 1.82) is 0 Å². The molecule has 1 aromatic rings. The van der Waals surface area contributed by atoms with Gasteiger partial charge in [0.25, 0.3) is 5.56 Å².